The second-order valence-electron chi connectivity index (χ2n) is 6.68. The molecule has 0 aliphatic rings. The molecule has 2 aromatic rings. The molecule has 0 amide bonds. The SMILES string of the molecule is CCNC(=NCc1ccccc1OCCN(CC)CC)NCCc1ccccn1.I. The highest BCUT2D eigenvalue weighted by molar-refractivity contribution is 14.0. The molecule has 6 nitrogen and oxygen atoms in total. The third-order valence-corrected chi connectivity index (χ3v) is 4.68. The summed E-state index contributed by atoms with van der Waals surface area (Å²) < 4.78 is 6.04. The third kappa shape index (κ3) is 9.75. The summed E-state index contributed by atoms with van der Waals surface area (Å²) in [6.45, 7) is 12.3. The molecule has 0 saturated heterocycles. The van der Waals surface area contributed by atoms with Crippen molar-refractivity contribution in [3.8, 4) is 5.75 Å². The minimum atomic E-state index is 0. The van der Waals surface area contributed by atoms with Gasteiger partial charge >= 0.3 is 0 Å². The van der Waals surface area contributed by atoms with E-state index in [-0.39, 0.29) is 24.0 Å². The Hall–Kier alpha value is -1.87. The van der Waals surface area contributed by atoms with Crippen molar-refractivity contribution in [2.75, 3.05) is 39.3 Å². The number of nitrogens with one attached hydrogen (secondary N) is 2. The van der Waals surface area contributed by atoms with E-state index >= 15 is 0 Å². The smallest absolute Gasteiger partial charge is 0.191 e. The highest BCUT2D eigenvalue weighted by atomic mass is 127. The van der Waals surface area contributed by atoms with E-state index in [1.165, 1.54) is 0 Å². The number of benzene rings is 1. The van der Waals surface area contributed by atoms with Crippen LogP contribution < -0.4 is 15.4 Å². The first kappa shape index (κ1) is 26.2. The molecular formula is C23H36IN5O. The fourth-order valence-electron chi connectivity index (χ4n) is 2.96. The molecule has 1 aromatic heterocycles. The molecule has 30 heavy (non-hydrogen) atoms. The Morgan fingerprint density at radius 2 is 1.80 bits per heavy atom. The first-order chi connectivity index (χ1) is 14.3. The summed E-state index contributed by atoms with van der Waals surface area (Å²) in [5, 5.41) is 6.69. The van der Waals surface area contributed by atoms with Gasteiger partial charge in [0.1, 0.15) is 12.4 Å². The van der Waals surface area contributed by atoms with Gasteiger partial charge in [-0.25, -0.2) is 4.99 Å². The Kier molecular flexibility index (Phi) is 13.9. The number of aromatic nitrogens is 1. The summed E-state index contributed by atoms with van der Waals surface area (Å²) in [6, 6.07) is 14.1. The van der Waals surface area contributed by atoms with Crippen LogP contribution in [-0.2, 0) is 13.0 Å². The number of rotatable bonds is 12. The van der Waals surface area contributed by atoms with Gasteiger partial charge < -0.3 is 20.3 Å². The van der Waals surface area contributed by atoms with Crippen LogP contribution in [0.15, 0.2) is 53.7 Å². The summed E-state index contributed by atoms with van der Waals surface area (Å²) in [5.41, 5.74) is 2.16. The van der Waals surface area contributed by atoms with Crippen molar-refractivity contribution in [2.24, 2.45) is 4.99 Å². The zero-order valence-electron chi connectivity index (χ0n) is 18.4. The fraction of sp³-hybridized carbons (Fsp3) is 0.478. The summed E-state index contributed by atoms with van der Waals surface area (Å²) in [5.74, 6) is 1.72. The fourth-order valence-corrected chi connectivity index (χ4v) is 2.96. The van der Waals surface area contributed by atoms with E-state index in [9.17, 15) is 0 Å². The zero-order chi connectivity index (χ0) is 20.7. The van der Waals surface area contributed by atoms with Crippen molar-refractivity contribution < 1.29 is 4.74 Å². The molecule has 1 aromatic carbocycles. The predicted octanol–water partition coefficient (Wildman–Crippen LogP) is 3.72. The van der Waals surface area contributed by atoms with E-state index in [4.69, 9.17) is 9.73 Å². The number of halogens is 1. The number of nitrogens with zero attached hydrogens (tertiary/aromatic N) is 3. The first-order valence-electron chi connectivity index (χ1n) is 10.6. The highest BCUT2D eigenvalue weighted by Gasteiger charge is 2.05. The maximum Gasteiger partial charge on any atom is 0.191 e. The van der Waals surface area contributed by atoms with Gasteiger partial charge in [0.2, 0.25) is 0 Å². The van der Waals surface area contributed by atoms with Crippen LogP contribution in [0.3, 0.4) is 0 Å². The van der Waals surface area contributed by atoms with Gasteiger partial charge in [0.05, 0.1) is 6.54 Å². The minimum absolute atomic E-state index is 0. The molecule has 2 N–H and O–H groups in total. The normalized spacial score (nSPS) is 11.1. The summed E-state index contributed by atoms with van der Waals surface area (Å²) >= 11 is 0. The largest absolute Gasteiger partial charge is 0.492 e. The van der Waals surface area contributed by atoms with E-state index in [0.29, 0.717) is 13.2 Å². The molecular weight excluding hydrogens is 489 g/mol. The maximum absolute atomic E-state index is 6.04. The van der Waals surface area contributed by atoms with Gasteiger partial charge in [-0.3, -0.25) is 4.98 Å². The van der Waals surface area contributed by atoms with Gasteiger partial charge in [-0.1, -0.05) is 38.1 Å². The second kappa shape index (κ2) is 15.9. The number of hydrogen-bond donors (Lipinski definition) is 2. The van der Waals surface area contributed by atoms with Gasteiger partial charge in [-0.2, -0.15) is 0 Å². The number of ether oxygens (including phenoxy) is 1. The molecule has 0 radical (unpaired) electrons. The van der Waals surface area contributed by atoms with Crippen molar-refractivity contribution in [3.63, 3.8) is 0 Å². The Morgan fingerprint density at radius 3 is 2.50 bits per heavy atom. The van der Waals surface area contributed by atoms with Gasteiger partial charge in [0, 0.05) is 43.5 Å². The molecule has 0 saturated carbocycles. The molecule has 7 heteroatoms. The lowest BCUT2D eigenvalue weighted by atomic mass is 10.2. The molecule has 0 bridgehead atoms. The molecule has 1 heterocycles. The molecule has 0 aliphatic heterocycles. The summed E-state index contributed by atoms with van der Waals surface area (Å²) in [6.07, 6.45) is 2.68. The van der Waals surface area contributed by atoms with Gasteiger partial charge in [-0.15, -0.1) is 24.0 Å². The van der Waals surface area contributed by atoms with E-state index in [1.54, 1.807) is 0 Å². The van der Waals surface area contributed by atoms with Crippen LogP contribution in [0.1, 0.15) is 32.0 Å². The number of aliphatic imine (C=N–C) groups is 1. The second-order valence-corrected chi connectivity index (χ2v) is 6.68. The van der Waals surface area contributed by atoms with Crippen LogP contribution >= 0.6 is 24.0 Å². The van der Waals surface area contributed by atoms with Gasteiger partial charge in [0.15, 0.2) is 5.96 Å². The van der Waals surface area contributed by atoms with Crippen molar-refractivity contribution in [2.45, 2.75) is 33.7 Å². The molecule has 166 valence electrons. The van der Waals surface area contributed by atoms with Gasteiger partial charge in [-0.05, 0) is 38.2 Å². The van der Waals surface area contributed by atoms with Gasteiger partial charge in [0.25, 0.3) is 0 Å². The van der Waals surface area contributed by atoms with E-state index in [2.05, 4.69) is 47.4 Å². The minimum Gasteiger partial charge on any atom is -0.492 e. The van der Waals surface area contributed by atoms with E-state index in [0.717, 1.165) is 62.1 Å². The number of pyridine rings is 1. The van der Waals surface area contributed by atoms with E-state index in [1.807, 2.05) is 42.6 Å². The maximum atomic E-state index is 6.04. The van der Waals surface area contributed by atoms with Crippen LogP contribution in [-0.4, -0.2) is 55.2 Å². The van der Waals surface area contributed by atoms with Crippen molar-refractivity contribution in [1.29, 1.82) is 0 Å². The van der Waals surface area contributed by atoms with Crippen molar-refractivity contribution in [1.82, 2.24) is 20.5 Å². The predicted molar refractivity (Wildman–Crippen MR) is 136 cm³/mol. The number of para-hydroxylation sites is 1. The van der Waals surface area contributed by atoms with Crippen molar-refractivity contribution in [3.05, 3.63) is 59.9 Å². The van der Waals surface area contributed by atoms with Crippen LogP contribution in [0, 0.1) is 0 Å². The number of guanidine groups is 1. The lowest BCUT2D eigenvalue weighted by Gasteiger charge is -2.19. The van der Waals surface area contributed by atoms with E-state index < -0.39 is 0 Å². The molecule has 0 fully saturated rings. The standard InChI is InChI=1S/C23H35N5O.HI/c1-4-24-23(26-16-14-21-12-9-10-15-25-21)27-19-20-11-7-8-13-22(20)29-18-17-28(5-2)6-3;/h7-13,15H,4-6,14,16-19H2,1-3H3,(H2,24,26,27);1H. The molecule has 0 unspecified atom stereocenters. The molecule has 0 atom stereocenters. The zero-order valence-corrected chi connectivity index (χ0v) is 20.8. The number of likely N-dealkylation sites (N-methyl/N-ethyl adjacent to an activating group) is 1. The number of hydrogen-bond acceptors (Lipinski definition) is 4. The summed E-state index contributed by atoms with van der Waals surface area (Å²) in [7, 11) is 0. The monoisotopic (exact) mass is 525 g/mol. The third-order valence-electron chi connectivity index (χ3n) is 4.68. The average Bonchev–Trinajstić information content (AvgIpc) is 2.76. The van der Waals surface area contributed by atoms with Crippen LogP contribution in [0.4, 0.5) is 0 Å². The average molecular weight is 525 g/mol. The topological polar surface area (TPSA) is 61.8 Å². The van der Waals surface area contributed by atoms with Crippen molar-refractivity contribution >= 4 is 29.9 Å². The first-order valence-corrected chi connectivity index (χ1v) is 10.6. The Bertz CT molecular complexity index is 723. The lowest BCUT2D eigenvalue weighted by molar-refractivity contribution is 0.221. The quantitative estimate of drug-likeness (QED) is 0.251. The molecule has 2 rings (SSSR count). The lowest BCUT2D eigenvalue weighted by Crippen LogP contribution is -2.38. The Balaban J connectivity index is 0.00000450. The summed E-state index contributed by atoms with van der Waals surface area (Å²) in [4.78, 5) is 11.5. The molecule has 0 spiro atoms. The molecule has 0 aliphatic carbocycles. The Morgan fingerprint density at radius 1 is 1.03 bits per heavy atom. The van der Waals surface area contributed by atoms with Crippen LogP contribution in [0.2, 0.25) is 0 Å². The van der Waals surface area contributed by atoms with Crippen LogP contribution in [0.5, 0.6) is 5.75 Å². The highest BCUT2D eigenvalue weighted by Crippen LogP contribution is 2.18. The van der Waals surface area contributed by atoms with Crippen LogP contribution in [0.25, 0.3) is 0 Å². The Labute approximate surface area is 198 Å².